The smallest absolute Gasteiger partial charge is 0.221 e. The third-order valence-electron chi connectivity index (χ3n) is 6.02. The van der Waals surface area contributed by atoms with Gasteiger partial charge in [0.2, 0.25) is 5.91 Å². The number of hydrogen-bond donors (Lipinski definition) is 1. The number of rotatable bonds is 8. The minimum absolute atomic E-state index is 0.0232. The van der Waals surface area contributed by atoms with E-state index in [-0.39, 0.29) is 23.3 Å². The molecule has 0 aromatic heterocycles. The van der Waals surface area contributed by atoms with Gasteiger partial charge in [0.05, 0.1) is 11.0 Å². The van der Waals surface area contributed by atoms with Crippen molar-refractivity contribution in [1.29, 1.82) is 0 Å². The normalized spacial score (nSPS) is 22.4. The Bertz CT molecular complexity index is 733. The van der Waals surface area contributed by atoms with Crippen LogP contribution in [0.5, 0.6) is 0 Å². The van der Waals surface area contributed by atoms with E-state index >= 15 is 0 Å². The maximum absolute atomic E-state index is 12.3. The predicted octanol–water partition coefficient (Wildman–Crippen LogP) is 1.84. The molecule has 2 fully saturated rings. The van der Waals surface area contributed by atoms with Crippen molar-refractivity contribution in [2.45, 2.75) is 43.4 Å². The van der Waals surface area contributed by atoms with Crippen molar-refractivity contribution in [1.82, 2.24) is 15.1 Å². The Balaban J connectivity index is 1.44. The summed E-state index contributed by atoms with van der Waals surface area (Å²) in [5.41, 5.74) is 1.29. The first-order valence-corrected chi connectivity index (χ1v) is 12.1. The second-order valence-corrected chi connectivity index (χ2v) is 10.5. The SMILES string of the molecule is CN1CCN(CCNC(=O)CCS(=O)(=O)C2CCCC2)C(c2ccccc2)C1. The third-order valence-corrected chi connectivity index (χ3v) is 8.28. The van der Waals surface area contributed by atoms with Gasteiger partial charge in [0.1, 0.15) is 0 Å². The molecule has 3 rings (SSSR count). The van der Waals surface area contributed by atoms with E-state index in [9.17, 15) is 13.2 Å². The fraction of sp³-hybridized carbons (Fsp3) is 0.667. The van der Waals surface area contributed by atoms with E-state index in [0.717, 1.165) is 51.9 Å². The first kappa shape index (κ1) is 21.3. The molecular formula is C21H33N3O3S. The maximum atomic E-state index is 12.3. The maximum Gasteiger partial charge on any atom is 0.221 e. The van der Waals surface area contributed by atoms with E-state index in [1.807, 2.05) is 6.07 Å². The molecule has 1 amide bonds. The topological polar surface area (TPSA) is 69.7 Å². The number of nitrogens with one attached hydrogen (secondary N) is 1. The Morgan fingerprint density at radius 2 is 1.86 bits per heavy atom. The van der Waals surface area contributed by atoms with Gasteiger partial charge in [-0.25, -0.2) is 8.42 Å². The molecule has 156 valence electrons. The van der Waals surface area contributed by atoms with Crippen LogP contribution in [0.1, 0.15) is 43.7 Å². The summed E-state index contributed by atoms with van der Waals surface area (Å²) in [6.45, 7) is 4.26. The van der Waals surface area contributed by atoms with Gasteiger partial charge < -0.3 is 10.2 Å². The number of sulfone groups is 1. The van der Waals surface area contributed by atoms with Crippen molar-refractivity contribution in [2.75, 3.05) is 45.5 Å². The predicted molar refractivity (Wildman–Crippen MR) is 112 cm³/mol. The molecule has 1 heterocycles. The van der Waals surface area contributed by atoms with Gasteiger partial charge in [0, 0.05) is 45.2 Å². The van der Waals surface area contributed by atoms with Crippen LogP contribution in [-0.2, 0) is 14.6 Å². The quantitative estimate of drug-likeness (QED) is 0.712. The van der Waals surface area contributed by atoms with E-state index in [0.29, 0.717) is 12.6 Å². The first-order chi connectivity index (χ1) is 13.5. The summed E-state index contributed by atoms with van der Waals surface area (Å²) >= 11 is 0. The molecule has 1 N–H and O–H groups in total. The fourth-order valence-corrected chi connectivity index (χ4v) is 6.15. The molecule has 1 unspecified atom stereocenters. The van der Waals surface area contributed by atoms with Gasteiger partial charge in [0.25, 0.3) is 0 Å². The highest BCUT2D eigenvalue weighted by Gasteiger charge is 2.29. The first-order valence-electron chi connectivity index (χ1n) is 10.4. The van der Waals surface area contributed by atoms with Crippen LogP contribution in [0, 0.1) is 0 Å². The van der Waals surface area contributed by atoms with Gasteiger partial charge in [-0.3, -0.25) is 9.69 Å². The highest BCUT2D eigenvalue weighted by molar-refractivity contribution is 7.92. The number of piperazine rings is 1. The molecule has 1 aliphatic heterocycles. The number of carbonyl (C=O) groups is 1. The molecule has 1 saturated heterocycles. The second-order valence-electron chi connectivity index (χ2n) is 8.10. The van der Waals surface area contributed by atoms with Crippen molar-refractivity contribution in [2.24, 2.45) is 0 Å². The van der Waals surface area contributed by atoms with Crippen LogP contribution >= 0.6 is 0 Å². The Morgan fingerprint density at radius 3 is 2.57 bits per heavy atom. The second kappa shape index (κ2) is 9.85. The summed E-state index contributed by atoms with van der Waals surface area (Å²) in [4.78, 5) is 16.9. The van der Waals surface area contributed by atoms with Crippen molar-refractivity contribution in [3.05, 3.63) is 35.9 Å². The monoisotopic (exact) mass is 407 g/mol. The fourth-order valence-electron chi connectivity index (χ4n) is 4.29. The molecule has 1 aromatic carbocycles. The van der Waals surface area contributed by atoms with E-state index < -0.39 is 9.84 Å². The number of likely N-dealkylation sites (N-methyl/N-ethyl adjacent to an activating group) is 1. The Kier molecular flexibility index (Phi) is 7.48. The number of nitrogens with zero attached hydrogens (tertiary/aromatic N) is 2. The molecule has 2 aliphatic rings. The van der Waals surface area contributed by atoms with Gasteiger partial charge in [0.15, 0.2) is 9.84 Å². The summed E-state index contributed by atoms with van der Waals surface area (Å²) in [6.07, 6.45) is 3.57. The van der Waals surface area contributed by atoms with Gasteiger partial charge in [-0.15, -0.1) is 0 Å². The lowest BCUT2D eigenvalue weighted by Gasteiger charge is -2.40. The lowest BCUT2D eigenvalue weighted by Crippen LogP contribution is -2.49. The number of hydrogen-bond acceptors (Lipinski definition) is 5. The summed E-state index contributed by atoms with van der Waals surface area (Å²) in [7, 11) is -0.990. The van der Waals surface area contributed by atoms with Crippen LogP contribution in [0.2, 0.25) is 0 Å². The minimum Gasteiger partial charge on any atom is -0.355 e. The molecule has 1 saturated carbocycles. The summed E-state index contributed by atoms with van der Waals surface area (Å²) in [5.74, 6) is -0.183. The average Bonchev–Trinajstić information content (AvgIpc) is 3.24. The van der Waals surface area contributed by atoms with E-state index in [1.165, 1.54) is 5.56 Å². The minimum atomic E-state index is -3.13. The van der Waals surface area contributed by atoms with Crippen molar-refractivity contribution < 1.29 is 13.2 Å². The van der Waals surface area contributed by atoms with Crippen LogP contribution in [0.15, 0.2) is 30.3 Å². The van der Waals surface area contributed by atoms with Crippen LogP contribution in [0.3, 0.4) is 0 Å². The van der Waals surface area contributed by atoms with Crippen LogP contribution < -0.4 is 5.32 Å². The molecular weight excluding hydrogens is 374 g/mol. The zero-order valence-electron chi connectivity index (χ0n) is 16.8. The summed E-state index contributed by atoms with van der Waals surface area (Å²) in [6, 6.07) is 10.8. The van der Waals surface area contributed by atoms with Crippen molar-refractivity contribution in [3.63, 3.8) is 0 Å². The van der Waals surface area contributed by atoms with Crippen molar-refractivity contribution in [3.8, 4) is 0 Å². The Labute approximate surface area is 169 Å². The number of carbonyl (C=O) groups excluding carboxylic acids is 1. The van der Waals surface area contributed by atoms with Crippen LogP contribution in [0.25, 0.3) is 0 Å². The molecule has 0 radical (unpaired) electrons. The average molecular weight is 408 g/mol. The van der Waals surface area contributed by atoms with E-state index in [2.05, 4.69) is 46.4 Å². The number of benzene rings is 1. The van der Waals surface area contributed by atoms with E-state index in [1.54, 1.807) is 0 Å². The summed E-state index contributed by atoms with van der Waals surface area (Å²) in [5, 5.41) is 2.69. The zero-order valence-corrected chi connectivity index (χ0v) is 17.7. The van der Waals surface area contributed by atoms with Crippen molar-refractivity contribution >= 4 is 15.7 Å². The van der Waals surface area contributed by atoms with Gasteiger partial charge in [-0.05, 0) is 25.5 Å². The molecule has 0 bridgehead atoms. The molecule has 1 aromatic rings. The Morgan fingerprint density at radius 1 is 1.14 bits per heavy atom. The van der Waals surface area contributed by atoms with Gasteiger partial charge >= 0.3 is 0 Å². The highest BCUT2D eigenvalue weighted by atomic mass is 32.2. The molecule has 1 aliphatic carbocycles. The molecule has 1 atom stereocenters. The van der Waals surface area contributed by atoms with E-state index in [4.69, 9.17) is 0 Å². The number of amides is 1. The molecule has 7 heteroatoms. The molecule has 6 nitrogen and oxygen atoms in total. The Hall–Kier alpha value is -1.44. The third kappa shape index (κ3) is 5.78. The molecule has 28 heavy (non-hydrogen) atoms. The zero-order chi connectivity index (χ0) is 20.0. The summed E-state index contributed by atoms with van der Waals surface area (Å²) < 4.78 is 24.6. The van der Waals surface area contributed by atoms with Gasteiger partial charge in [-0.2, -0.15) is 0 Å². The lowest BCUT2D eigenvalue weighted by atomic mass is 10.0. The molecule has 0 spiro atoms. The van der Waals surface area contributed by atoms with Crippen LogP contribution in [0.4, 0.5) is 0 Å². The van der Waals surface area contributed by atoms with Crippen LogP contribution in [-0.4, -0.2) is 74.9 Å². The van der Waals surface area contributed by atoms with Gasteiger partial charge in [-0.1, -0.05) is 43.2 Å². The largest absolute Gasteiger partial charge is 0.355 e. The standard InChI is InChI=1S/C21H33N3O3S/c1-23-14-15-24(20(17-23)18-7-3-2-4-8-18)13-12-22-21(25)11-16-28(26,27)19-9-5-6-10-19/h2-4,7-8,19-20H,5-6,9-17H2,1H3,(H,22,25). The highest BCUT2D eigenvalue weighted by Crippen LogP contribution is 2.26. The lowest BCUT2D eigenvalue weighted by molar-refractivity contribution is -0.120.